The largest absolute Gasteiger partial charge is 0 e. The molecule has 161 valence electrons. The SMILES string of the molecule is N[C@@H](Cc1cn([C@@H]2O[C@H](CO)[C@H](O)[C@H](O)[C@H]2O)nn1)C(=O)O.[C-]#[O+].[C-]#[O+].[C-]#[O+].[Tc]. The first-order valence-corrected chi connectivity index (χ1v) is 7.16. The molecule has 2 heterocycles. The molecule has 0 amide bonds. The third kappa shape index (κ3) is 9.07. The standard InChI is InChI=1S/C11H18N4O7.3CO.Tc/c12-5(11(20)21)1-4-2-15(14-13-4)10-9(19)8(18)7(17)6(3-16)22-10;3*1-2;/h2,5-10,16-19H,1,3,12H2,(H,20,21);;;;/t5-,6+,7-,8-,9+,10+;;;;/m0..../s1. The van der Waals surface area contributed by atoms with E-state index >= 15 is 0 Å². The van der Waals surface area contributed by atoms with Gasteiger partial charge in [0.25, 0.3) is 0 Å². The molecular weight excluding hydrogens is 482 g/mol. The number of hydrogen-bond donors (Lipinski definition) is 6. The zero-order valence-electron chi connectivity index (χ0n) is 14.5. The molecule has 1 aliphatic rings. The molecule has 1 aromatic rings. The molecule has 0 aromatic carbocycles. The Balaban J connectivity index is -0.000000883. The van der Waals surface area contributed by atoms with Crippen molar-refractivity contribution in [1.29, 1.82) is 0 Å². The van der Waals surface area contributed by atoms with Crippen LogP contribution in [0.1, 0.15) is 11.9 Å². The van der Waals surface area contributed by atoms with E-state index in [4.69, 9.17) is 34.6 Å². The van der Waals surface area contributed by atoms with Gasteiger partial charge < -0.3 is 36.0 Å². The van der Waals surface area contributed by atoms with Crippen molar-refractivity contribution in [3.8, 4) is 0 Å². The molecule has 7 N–H and O–H groups in total. The summed E-state index contributed by atoms with van der Waals surface area (Å²) in [6.45, 7) is 12.9. The number of carbonyl (C=O) groups is 1. The van der Waals surface area contributed by atoms with E-state index in [0.717, 1.165) is 4.68 Å². The van der Waals surface area contributed by atoms with E-state index in [0.29, 0.717) is 0 Å². The number of ether oxygens (including phenoxy) is 1. The smallest absolute Gasteiger partial charge is 0 e. The molecule has 14 nitrogen and oxygen atoms in total. The number of carboxylic acids is 1. The minimum atomic E-state index is -1.54. The van der Waals surface area contributed by atoms with E-state index in [9.17, 15) is 20.1 Å². The van der Waals surface area contributed by atoms with Crippen molar-refractivity contribution in [2.45, 2.75) is 43.1 Å². The first-order chi connectivity index (χ1) is 13.3. The quantitative estimate of drug-likeness (QED) is 0.169. The van der Waals surface area contributed by atoms with E-state index in [2.05, 4.69) is 30.3 Å². The molecule has 1 aromatic heterocycles. The van der Waals surface area contributed by atoms with E-state index in [1.807, 2.05) is 0 Å². The van der Waals surface area contributed by atoms with Gasteiger partial charge >= 0.3 is 39.9 Å². The summed E-state index contributed by atoms with van der Waals surface area (Å²) in [5.41, 5.74) is 5.64. The number of nitrogens with zero attached hydrogens (tertiary/aromatic N) is 3. The molecule has 1 aliphatic heterocycles. The van der Waals surface area contributed by atoms with Crippen LogP contribution in [0.3, 0.4) is 0 Å². The van der Waals surface area contributed by atoms with E-state index in [-0.39, 0.29) is 32.2 Å². The van der Waals surface area contributed by atoms with Gasteiger partial charge in [0.2, 0.25) is 0 Å². The minimum absolute atomic E-state index is 0. The molecule has 0 unspecified atom stereocenters. The Bertz CT molecular complexity index is 636. The van der Waals surface area contributed by atoms with Crippen LogP contribution in [0.15, 0.2) is 6.20 Å². The Morgan fingerprint density at radius 2 is 1.69 bits per heavy atom. The average molecular weight is 500 g/mol. The molecule has 0 aliphatic carbocycles. The van der Waals surface area contributed by atoms with Gasteiger partial charge in [0.05, 0.1) is 18.5 Å². The molecule has 1 fully saturated rings. The summed E-state index contributed by atoms with van der Waals surface area (Å²) in [6, 6.07) is -1.15. The van der Waals surface area contributed by atoms with Crippen molar-refractivity contribution in [2.75, 3.05) is 6.61 Å². The third-order valence-corrected chi connectivity index (χ3v) is 3.43. The normalized spacial score (nSPS) is 25.7. The summed E-state index contributed by atoms with van der Waals surface area (Å²) in [6.07, 6.45) is -5.53. The number of aromatic nitrogens is 3. The maximum absolute atomic E-state index is 10.7. The van der Waals surface area contributed by atoms with Crippen molar-refractivity contribution in [3.05, 3.63) is 31.8 Å². The van der Waals surface area contributed by atoms with Crippen molar-refractivity contribution >= 4 is 5.97 Å². The fourth-order valence-corrected chi connectivity index (χ4v) is 2.14. The van der Waals surface area contributed by atoms with E-state index < -0.39 is 49.3 Å². The Morgan fingerprint density at radius 3 is 2.14 bits per heavy atom. The van der Waals surface area contributed by atoms with Crippen molar-refractivity contribution in [3.63, 3.8) is 0 Å². The van der Waals surface area contributed by atoms with Gasteiger partial charge in [0, 0.05) is 26.5 Å². The summed E-state index contributed by atoms with van der Waals surface area (Å²) in [5, 5.41) is 54.6. The van der Waals surface area contributed by atoms with E-state index in [1.54, 1.807) is 0 Å². The first-order valence-electron chi connectivity index (χ1n) is 7.16. The monoisotopic (exact) mass is 499 g/mol. The van der Waals surface area contributed by atoms with Crippen LogP contribution in [0.2, 0.25) is 0 Å². The number of aliphatic hydroxyl groups excluding tert-OH is 4. The van der Waals surface area contributed by atoms with Crippen LogP contribution in [0, 0.1) is 20.0 Å². The van der Waals surface area contributed by atoms with Gasteiger partial charge in [0.15, 0.2) is 6.23 Å². The third-order valence-electron chi connectivity index (χ3n) is 3.43. The maximum Gasteiger partial charge on any atom is 0 e. The zero-order valence-corrected chi connectivity index (χ0v) is 16.4. The summed E-state index contributed by atoms with van der Waals surface area (Å²) in [4.78, 5) is 10.7. The summed E-state index contributed by atoms with van der Waals surface area (Å²) in [5.74, 6) is -1.19. The van der Waals surface area contributed by atoms with Crippen LogP contribution >= 0.6 is 0 Å². The van der Waals surface area contributed by atoms with Gasteiger partial charge in [-0.2, -0.15) is 0 Å². The van der Waals surface area contributed by atoms with Crippen LogP contribution in [-0.4, -0.2) is 83.6 Å². The Labute approximate surface area is 177 Å². The van der Waals surface area contributed by atoms with Crippen LogP contribution in [0.25, 0.3) is 0 Å². The fraction of sp³-hybridized carbons (Fsp3) is 0.571. The van der Waals surface area contributed by atoms with Gasteiger partial charge in [0.1, 0.15) is 30.5 Å². The van der Waals surface area contributed by atoms with Gasteiger partial charge in [-0.1, -0.05) is 5.21 Å². The number of aliphatic hydroxyl groups is 4. The molecule has 6 atom stereocenters. The molecule has 0 bridgehead atoms. The summed E-state index contributed by atoms with van der Waals surface area (Å²) in [7, 11) is 0. The van der Waals surface area contributed by atoms with Gasteiger partial charge in [-0.3, -0.25) is 4.79 Å². The molecule has 0 spiro atoms. The number of aliphatic carboxylic acids is 1. The molecule has 1 saturated heterocycles. The van der Waals surface area contributed by atoms with Crippen LogP contribution in [0.4, 0.5) is 0 Å². The van der Waals surface area contributed by atoms with Crippen LogP contribution in [0.5, 0.6) is 0 Å². The second-order valence-corrected chi connectivity index (χ2v) is 5.06. The molecule has 29 heavy (non-hydrogen) atoms. The van der Waals surface area contributed by atoms with Crippen molar-refractivity contribution in [2.24, 2.45) is 5.73 Å². The Hall–Kier alpha value is -1.76. The summed E-state index contributed by atoms with van der Waals surface area (Å²) >= 11 is 0. The molecule has 1 radical (unpaired) electrons. The predicted octanol–water partition coefficient (Wildman–Crippen LogP) is -3.91. The fourth-order valence-electron chi connectivity index (χ4n) is 2.14. The number of nitrogens with two attached hydrogens (primary N) is 1. The maximum atomic E-state index is 10.7. The minimum Gasteiger partial charge on any atom is 0 e. The zero-order chi connectivity index (χ0) is 22.4. The second kappa shape index (κ2) is 17.1. The second-order valence-electron chi connectivity index (χ2n) is 5.06. The summed E-state index contributed by atoms with van der Waals surface area (Å²) < 4.78 is 28.9. The molecule has 15 heteroatoms. The van der Waals surface area contributed by atoms with E-state index in [1.165, 1.54) is 6.20 Å². The molecule has 0 saturated carbocycles. The van der Waals surface area contributed by atoms with Gasteiger partial charge in [-0.05, 0) is 0 Å². The predicted molar refractivity (Wildman–Crippen MR) is 80.1 cm³/mol. The number of hydrogen-bond acceptors (Lipinski definition) is 9. The molecule has 2 rings (SSSR count). The van der Waals surface area contributed by atoms with Crippen LogP contribution < -0.4 is 5.73 Å². The first kappa shape index (κ1) is 31.9. The van der Waals surface area contributed by atoms with Gasteiger partial charge in [-0.25, -0.2) is 4.68 Å². The molecular formula is C14H18N4O10Tc. The number of rotatable bonds is 5. The van der Waals surface area contributed by atoms with Crippen LogP contribution in [-0.2, 0) is 50.0 Å². The topological polar surface area (TPSA) is 244 Å². The Kier molecular flexibility index (Phi) is 18.9. The van der Waals surface area contributed by atoms with Crippen molar-refractivity contribution < 1.29 is 69.1 Å². The van der Waals surface area contributed by atoms with Crippen molar-refractivity contribution in [1.82, 2.24) is 15.0 Å². The average Bonchev–Trinajstić information content (AvgIpc) is 3.19. The van der Waals surface area contributed by atoms with Gasteiger partial charge in [-0.15, -0.1) is 5.10 Å². The number of carboxylic acid groups (broad SMARTS) is 1. The Morgan fingerprint density at radius 1 is 1.17 bits per heavy atom.